The molecule has 0 spiro atoms. The third kappa shape index (κ3) is 4.62. The molecule has 0 aliphatic carbocycles. The minimum absolute atomic E-state index is 0.728. The molecule has 1 aliphatic heterocycles. The maximum absolute atomic E-state index is 5.83. The van der Waals surface area contributed by atoms with Gasteiger partial charge in [-0.25, -0.2) is 0 Å². The number of rotatable bonds is 5. The van der Waals surface area contributed by atoms with Gasteiger partial charge in [-0.05, 0) is 53.1 Å². The molecule has 0 aromatic heterocycles. The third-order valence-electron chi connectivity index (χ3n) is 3.70. The summed E-state index contributed by atoms with van der Waals surface area (Å²) in [6, 6.07) is 6.32. The first kappa shape index (κ1) is 16.1. The van der Waals surface area contributed by atoms with Gasteiger partial charge in [0.05, 0.1) is 11.6 Å². The first-order valence-corrected chi connectivity index (χ1v) is 8.39. The molecular formula is C15H22BrClN2O. The van der Waals surface area contributed by atoms with Crippen LogP contribution in [-0.2, 0) is 6.54 Å². The molecule has 0 radical (unpaired) electrons. The highest BCUT2D eigenvalue weighted by Gasteiger charge is 2.14. The molecule has 1 fully saturated rings. The number of hydrogen-bond acceptors (Lipinski definition) is 3. The van der Waals surface area contributed by atoms with E-state index < -0.39 is 0 Å². The molecule has 1 saturated heterocycles. The van der Waals surface area contributed by atoms with Gasteiger partial charge in [-0.2, -0.15) is 0 Å². The maximum Gasteiger partial charge on any atom is 0.133 e. The SMILES string of the molecule is COc1ccc(CN2CCCN(CCCl)CC2)cc1Br. The molecule has 20 heavy (non-hydrogen) atoms. The van der Waals surface area contributed by atoms with Crippen LogP contribution in [0.2, 0.25) is 0 Å². The lowest BCUT2D eigenvalue weighted by Gasteiger charge is -2.21. The van der Waals surface area contributed by atoms with Crippen molar-refractivity contribution in [1.29, 1.82) is 0 Å². The molecule has 1 aromatic rings. The molecule has 1 aliphatic rings. The van der Waals surface area contributed by atoms with E-state index in [0.29, 0.717) is 0 Å². The van der Waals surface area contributed by atoms with Gasteiger partial charge in [0.2, 0.25) is 0 Å². The zero-order valence-corrected chi connectivity index (χ0v) is 14.3. The molecular weight excluding hydrogens is 340 g/mol. The van der Waals surface area contributed by atoms with Gasteiger partial charge >= 0.3 is 0 Å². The summed E-state index contributed by atoms with van der Waals surface area (Å²) in [5, 5.41) is 0. The van der Waals surface area contributed by atoms with E-state index in [-0.39, 0.29) is 0 Å². The number of hydrogen-bond donors (Lipinski definition) is 0. The summed E-state index contributed by atoms with van der Waals surface area (Å²) in [5.41, 5.74) is 1.32. The average Bonchev–Trinajstić information content (AvgIpc) is 2.65. The molecule has 0 amide bonds. The van der Waals surface area contributed by atoms with Crippen LogP contribution in [0, 0.1) is 0 Å². The quantitative estimate of drug-likeness (QED) is 0.749. The van der Waals surface area contributed by atoms with Crippen LogP contribution in [0.5, 0.6) is 5.75 Å². The van der Waals surface area contributed by atoms with E-state index in [2.05, 4.69) is 37.9 Å². The number of halogens is 2. The van der Waals surface area contributed by atoms with Crippen LogP contribution < -0.4 is 4.74 Å². The lowest BCUT2D eigenvalue weighted by Crippen LogP contribution is -2.31. The van der Waals surface area contributed by atoms with Crippen LogP contribution in [0.15, 0.2) is 22.7 Å². The summed E-state index contributed by atoms with van der Waals surface area (Å²) in [7, 11) is 1.69. The van der Waals surface area contributed by atoms with Crippen LogP contribution in [0.1, 0.15) is 12.0 Å². The van der Waals surface area contributed by atoms with E-state index in [9.17, 15) is 0 Å². The Morgan fingerprint density at radius 1 is 1.20 bits per heavy atom. The van der Waals surface area contributed by atoms with Crippen molar-refractivity contribution in [3.8, 4) is 5.75 Å². The van der Waals surface area contributed by atoms with Crippen LogP contribution in [0.3, 0.4) is 0 Å². The Labute approximate surface area is 135 Å². The molecule has 3 nitrogen and oxygen atoms in total. The highest BCUT2D eigenvalue weighted by Crippen LogP contribution is 2.26. The lowest BCUT2D eigenvalue weighted by atomic mass is 10.2. The average molecular weight is 362 g/mol. The smallest absolute Gasteiger partial charge is 0.133 e. The van der Waals surface area contributed by atoms with Crippen molar-refractivity contribution in [2.24, 2.45) is 0 Å². The fraction of sp³-hybridized carbons (Fsp3) is 0.600. The van der Waals surface area contributed by atoms with Crippen LogP contribution in [0.4, 0.5) is 0 Å². The number of alkyl halides is 1. The molecule has 0 bridgehead atoms. The van der Waals surface area contributed by atoms with E-state index in [4.69, 9.17) is 16.3 Å². The van der Waals surface area contributed by atoms with E-state index in [1.54, 1.807) is 7.11 Å². The zero-order chi connectivity index (χ0) is 14.4. The Kier molecular flexibility index (Phi) is 6.62. The van der Waals surface area contributed by atoms with Gasteiger partial charge in [-0.3, -0.25) is 4.90 Å². The predicted molar refractivity (Wildman–Crippen MR) is 87.7 cm³/mol. The first-order chi connectivity index (χ1) is 9.72. The lowest BCUT2D eigenvalue weighted by molar-refractivity contribution is 0.258. The first-order valence-electron chi connectivity index (χ1n) is 7.06. The number of ether oxygens (including phenoxy) is 1. The largest absolute Gasteiger partial charge is 0.496 e. The van der Waals surface area contributed by atoms with Crippen LogP contribution in [0.25, 0.3) is 0 Å². The van der Waals surface area contributed by atoms with Crippen molar-refractivity contribution >= 4 is 27.5 Å². The molecule has 1 aromatic carbocycles. The zero-order valence-electron chi connectivity index (χ0n) is 11.9. The molecule has 0 unspecified atom stereocenters. The summed E-state index contributed by atoms with van der Waals surface area (Å²) >= 11 is 9.38. The predicted octanol–water partition coefficient (Wildman–Crippen LogP) is 3.20. The number of benzene rings is 1. The molecule has 5 heteroatoms. The third-order valence-corrected chi connectivity index (χ3v) is 4.49. The van der Waals surface area contributed by atoms with Crippen LogP contribution >= 0.6 is 27.5 Å². The minimum atomic E-state index is 0.728. The molecule has 112 valence electrons. The summed E-state index contributed by atoms with van der Waals surface area (Å²) in [6.07, 6.45) is 1.22. The second-order valence-corrected chi connectivity index (χ2v) is 6.36. The van der Waals surface area contributed by atoms with Crippen molar-refractivity contribution in [2.45, 2.75) is 13.0 Å². The molecule has 1 heterocycles. The molecule has 0 saturated carbocycles. The van der Waals surface area contributed by atoms with Crippen molar-refractivity contribution in [3.63, 3.8) is 0 Å². The highest BCUT2D eigenvalue weighted by molar-refractivity contribution is 9.10. The second kappa shape index (κ2) is 8.23. The minimum Gasteiger partial charge on any atom is -0.496 e. The van der Waals surface area contributed by atoms with Gasteiger partial charge in [-0.1, -0.05) is 6.07 Å². The molecule has 0 N–H and O–H groups in total. The van der Waals surface area contributed by atoms with E-state index in [1.165, 1.54) is 12.0 Å². The van der Waals surface area contributed by atoms with E-state index in [1.807, 2.05) is 6.07 Å². The second-order valence-electron chi connectivity index (χ2n) is 5.13. The number of methoxy groups -OCH3 is 1. The highest BCUT2D eigenvalue weighted by atomic mass is 79.9. The summed E-state index contributed by atoms with van der Waals surface area (Å²) in [4.78, 5) is 4.97. The Morgan fingerprint density at radius 3 is 2.65 bits per heavy atom. The maximum atomic E-state index is 5.83. The fourth-order valence-corrected chi connectivity index (χ4v) is 3.42. The van der Waals surface area contributed by atoms with E-state index >= 15 is 0 Å². The standard InChI is InChI=1S/C15H22BrClN2O/c1-20-15-4-3-13(11-14(15)16)12-19-7-2-6-18(8-5-17)9-10-19/h3-4,11H,2,5-10,12H2,1H3. The van der Waals surface area contributed by atoms with Crippen molar-refractivity contribution in [1.82, 2.24) is 9.80 Å². The Bertz CT molecular complexity index is 430. The van der Waals surface area contributed by atoms with E-state index in [0.717, 1.165) is 55.4 Å². The number of nitrogens with zero attached hydrogens (tertiary/aromatic N) is 2. The van der Waals surface area contributed by atoms with Crippen molar-refractivity contribution < 1.29 is 4.74 Å². The Balaban J connectivity index is 1.91. The summed E-state index contributed by atoms with van der Waals surface area (Å²) < 4.78 is 6.30. The molecule has 0 atom stereocenters. The topological polar surface area (TPSA) is 15.7 Å². The summed E-state index contributed by atoms with van der Waals surface area (Å²) in [6.45, 7) is 6.54. The summed E-state index contributed by atoms with van der Waals surface area (Å²) in [5.74, 6) is 1.61. The molecule has 2 rings (SSSR count). The Hall–Kier alpha value is -0.290. The van der Waals surface area contributed by atoms with Crippen molar-refractivity contribution in [3.05, 3.63) is 28.2 Å². The normalized spacial score (nSPS) is 17.9. The van der Waals surface area contributed by atoms with Crippen molar-refractivity contribution in [2.75, 3.05) is 45.7 Å². The van der Waals surface area contributed by atoms with Gasteiger partial charge in [0.25, 0.3) is 0 Å². The van der Waals surface area contributed by atoms with Gasteiger partial charge in [0, 0.05) is 32.1 Å². The van der Waals surface area contributed by atoms with Gasteiger partial charge in [-0.15, -0.1) is 11.6 Å². The Morgan fingerprint density at radius 2 is 1.95 bits per heavy atom. The monoisotopic (exact) mass is 360 g/mol. The van der Waals surface area contributed by atoms with Gasteiger partial charge in [0.15, 0.2) is 0 Å². The fourth-order valence-electron chi connectivity index (χ4n) is 2.59. The van der Waals surface area contributed by atoms with Gasteiger partial charge in [0.1, 0.15) is 5.75 Å². The van der Waals surface area contributed by atoms with Crippen LogP contribution in [-0.4, -0.2) is 55.5 Å². The van der Waals surface area contributed by atoms with Gasteiger partial charge < -0.3 is 9.64 Å².